The van der Waals surface area contributed by atoms with E-state index in [4.69, 9.17) is 11.6 Å². The Morgan fingerprint density at radius 3 is 2.50 bits per heavy atom. The zero-order valence-corrected chi connectivity index (χ0v) is 9.61. The molecule has 0 amide bonds. The van der Waals surface area contributed by atoms with E-state index in [1.165, 1.54) is 0 Å². The van der Waals surface area contributed by atoms with Gasteiger partial charge < -0.3 is 0 Å². The normalized spacial score (nSPS) is 15.7. The van der Waals surface area contributed by atoms with E-state index in [0.717, 1.165) is 17.0 Å². The van der Waals surface area contributed by atoms with Crippen LogP contribution in [0.25, 0.3) is 0 Å². The maximum absolute atomic E-state index is 6.06. The van der Waals surface area contributed by atoms with Crippen LogP contribution in [0.15, 0.2) is 24.3 Å². The average molecular weight is 248 g/mol. The number of hydrogen-bond donors (Lipinski definition) is 0. The molecule has 0 heterocycles. The van der Waals surface area contributed by atoms with Crippen LogP contribution in [0.3, 0.4) is 0 Å². The summed E-state index contributed by atoms with van der Waals surface area (Å²) >= 11 is 9.71. The third-order valence-electron chi connectivity index (χ3n) is 2.10. The summed E-state index contributed by atoms with van der Waals surface area (Å²) < 4.78 is 0.00530. The van der Waals surface area contributed by atoms with Crippen LogP contribution in [0.1, 0.15) is 25.8 Å². The van der Waals surface area contributed by atoms with Gasteiger partial charge in [0.25, 0.3) is 0 Å². The zero-order chi connectivity index (χ0) is 9.19. The Hall–Kier alpha value is -0.0100. The van der Waals surface area contributed by atoms with Gasteiger partial charge in [-0.05, 0) is 25.0 Å². The van der Waals surface area contributed by atoms with Crippen LogP contribution < -0.4 is 0 Å². The molecule has 0 N–H and O–H groups in total. The number of alkyl halides is 1. The molecule has 0 aliphatic carbocycles. The van der Waals surface area contributed by atoms with E-state index in [0.29, 0.717) is 0 Å². The minimum Gasteiger partial charge on any atom is -0.0840 e. The fourth-order valence-corrected chi connectivity index (χ4v) is 1.88. The molecule has 0 bridgehead atoms. The van der Waals surface area contributed by atoms with Crippen LogP contribution in [0.2, 0.25) is 5.02 Å². The van der Waals surface area contributed by atoms with Gasteiger partial charge in [0.05, 0.1) is 0 Å². The molecule has 1 atom stereocenters. The van der Waals surface area contributed by atoms with Gasteiger partial charge in [0.15, 0.2) is 0 Å². The Bertz CT molecular complexity index is 268. The first-order chi connectivity index (χ1) is 5.58. The molecule has 1 aromatic rings. The van der Waals surface area contributed by atoms with E-state index in [2.05, 4.69) is 35.8 Å². The van der Waals surface area contributed by atoms with Gasteiger partial charge in [0.2, 0.25) is 0 Å². The summed E-state index contributed by atoms with van der Waals surface area (Å²) in [6.07, 6.45) is 1.02. The highest BCUT2D eigenvalue weighted by atomic mass is 79.9. The van der Waals surface area contributed by atoms with Crippen molar-refractivity contribution in [1.82, 2.24) is 0 Å². The molecular formula is C10H12BrCl. The lowest BCUT2D eigenvalue weighted by Gasteiger charge is -2.21. The highest BCUT2D eigenvalue weighted by molar-refractivity contribution is 9.09. The fraction of sp³-hybridized carbons (Fsp3) is 0.400. The molecule has 1 rings (SSSR count). The lowest BCUT2D eigenvalue weighted by molar-refractivity contribution is 0.681. The number of hydrogen-bond acceptors (Lipinski definition) is 0. The molecular weight excluding hydrogens is 235 g/mol. The summed E-state index contributed by atoms with van der Waals surface area (Å²) in [4.78, 5) is 0. The maximum atomic E-state index is 6.06. The van der Waals surface area contributed by atoms with Crippen LogP contribution in [-0.2, 0) is 4.32 Å². The highest BCUT2D eigenvalue weighted by Crippen LogP contribution is 2.37. The standard InChI is InChI=1S/C10H12BrCl/c1-3-10(2,11)8-6-4-5-7-9(8)12/h4-7H,3H2,1-2H3. The second-order valence-corrected chi connectivity index (χ2v) is 5.19. The number of benzene rings is 1. The second kappa shape index (κ2) is 3.80. The van der Waals surface area contributed by atoms with E-state index >= 15 is 0 Å². The topological polar surface area (TPSA) is 0 Å². The van der Waals surface area contributed by atoms with Crippen molar-refractivity contribution in [2.45, 2.75) is 24.6 Å². The molecule has 12 heavy (non-hydrogen) atoms. The van der Waals surface area contributed by atoms with Crippen molar-refractivity contribution in [2.75, 3.05) is 0 Å². The van der Waals surface area contributed by atoms with Crippen LogP contribution in [0, 0.1) is 0 Å². The molecule has 0 aliphatic heterocycles. The van der Waals surface area contributed by atoms with Crippen molar-refractivity contribution in [1.29, 1.82) is 0 Å². The van der Waals surface area contributed by atoms with Crippen LogP contribution >= 0.6 is 27.5 Å². The monoisotopic (exact) mass is 246 g/mol. The van der Waals surface area contributed by atoms with Crippen LogP contribution in [-0.4, -0.2) is 0 Å². The SMILES string of the molecule is CCC(C)(Br)c1ccccc1Cl. The molecule has 2 heteroatoms. The molecule has 0 fully saturated rings. The van der Waals surface area contributed by atoms with Crippen molar-refractivity contribution >= 4 is 27.5 Å². The smallest absolute Gasteiger partial charge is 0.0490 e. The third kappa shape index (κ3) is 2.02. The van der Waals surface area contributed by atoms with E-state index < -0.39 is 0 Å². The summed E-state index contributed by atoms with van der Waals surface area (Å²) in [5, 5.41) is 0.832. The quantitative estimate of drug-likeness (QED) is 0.681. The number of halogens is 2. The first kappa shape index (κ1) is 10.1. The number of rotatable bonds is 2. The van der Waals surface area contributed by atoms with Gasteiger partial charge in [-0.2, -0.15) is 0 Å². The van der Waals surface area contributed by atoms with Gasteiger partial charge in [-0.15, -0.1) is 0 Å². The van der Waals surface area contributed by atoms with Gasteiger partial charge in [-0.25, -0.2) is 0 Å². The largest absolute Gasteiger partial charge is 0.0840 e. The third-order valence-corrected chi connectivity index (χ3v) is 3.42. The van der Waals surface area contributed by atoms with E-state index in [-0.39, 0.29) is 4.32 Å². The Morgan fingerprint density at radius 2 is 2.00 bits per heavy atom. The van der Waals surface area contributed by atoms with Crippen molar-refractivity contribution in [3.05, 3.63) is 34.9 Å². The van der Waals surface area contributed by atoms with Crippen molar-refractivity contribution in [2.24, 2.45) is 0 Å². The van der Waals surface area contributed by atoms with Crippen LogP contribution in [0.4, 0.5) is 0 Å². The van der Waals surface area contributed by atoms with Crippen molar-refractivity contribution in [3.8, 4) is 0 Å². The van der Waals surface area contributed by atoms with Crippen LogP contribution in [0.5, 0.6) is 0 Å². The van der Waals surface area contributed by atoms with Gasteiger partial charge in [0, 0.05) is 9.35 Å². The molecule has 0 saturated carbocycles. The summed E-state index contributed by atoms with van der Waals surface area (Å²) in [5.74, 6) is 0. The molecule has 1 aromatic carbocycles. The van der Waals surface area contributed by atoms with E-state index in [1.54, 1.807) is 0 Å². The maximum Gasteiger partial charge on any atom is 0.0490 e. The van der Waals surface area contributed by atoms with Gasteiger partial charge in [0.1, 0.15) is 0 Å². The molecule has 0 radical (unpaired) electrons. The average Bonchev–Trinajstić information content (AvgIpc) is 2.05. The lowest BCUT2D eigenvalue weighted by atomic mass is 9.98. The summed E-state index contributed by atoms with van der Waals surface area (Å²) in [5.41, 5.74) is 1.16. The first-order valence-corrected chi connectivity index (χ1v) is 5.19. The van der Waals surface area contributed by atoms with E-state index in [9.17, 15) is 0 Å². The van der Waals surface area contributed by atoms with Crippen molar-refractivity contribution < 1.29 is 0 Å². The Kier molecular flexibility index (Phi) is 3.19. The second-order valence-electron chi connectivity index (χ2n) is 3.03. The van der Waals surface area contributed by atoms with E-state index in [1.807, 2.05) is 18.2 Å². The molecule has 66 valence electrons. The predicted octanol–water partition coefficient (Wildman–Crippen LogP) is 4.36. The molecule has 0 aliphatic rings. The highest BCUT2D eigenvalue weighted by Gasteiger charge is 2.22. The van der Waals surface area contributed by atoms with Gasteiger partial charge in [-0.1, -0.05) is 52.7 Å². The zero-order valence-electron chi connectivity index (χ0n) is 7.27. The predicted molar refractivity (Wildman–Crippen MR) is 58.0 cm³/mol. The molecule has 0 spiro atoms. The molecule has 0 saturated heterocycles. The van der Waals surface area contributed by atoms with Crippen molar-refractivity contribution in [3.63, 3.8) is 0 Å². The minimum atomic E-state index is 0.00530. The molecule has 1 unspecified atom stereocenters. The summed E-state index contributed by atoms with van der Waals surface area (Å²) in [7, 11) is 0. The summed E-state index contributed by atoms with van der Waals surface area (Å²) in [6, 6.07) is 7.94. The molecule has 0 nitrogen and oxygen atoms in total. The summed E-state index contributed by atoms with van der Waals surface area (Å²) in [6.45, 7) is 4.27. The molecule has 0 aromatic heterocycles. The fourth-order valence-electron chi connectivity index (χ4n) is 1.07. The van der Waals surface area contributed by atoms with Gasteiger partial charge >= 0.3 is 0 Å². The Labute approximate surface area is 87.1 Å². The van der Waals surface area contributed by atoms with Gasteiger partial charge in [-0.3, -0.25) is 0 Å². The Balaban J connectivity index is 3.10. The lowest BCUT2D eigenvalue weighted by Crippen LogP contribution is -2.11. The minimum absolute atomic E-state index is 0.00530. The Morgan fingerprint density at radius 1 is 1.42 bits per heavy atom. The first-order valence-electron chi connectivity index (χ1n) is 4.02.